The first-order chi connectivity index (χ1) is 16.5. The predicted molar refractivity (Wildman–Crippen MR) is 125 cm³/mol. The Labute approximate surface area is 199 Å². The van der Waals surface area contributed by atoms with E-state index in [4.69, 9.17) is 10.5 Å². The molecule has 0 unspecified atom stereocenters. The van der Waals surface area contributed by atoms with Gasteiger partial charge in [-0.15, -0.1) is 0 Å². The van der Waals surface area contributed by atoms with Crippen molar-refractivity contribution in [3.8, 4) is 11.4 Å². The molecule has 3 aromatic rings. The van der Waals surface area contributed by atoms with E-state index in [2.05, 4.69) is 25.4 Å². The van der Waals surface area contributed by atoms with Crippen LogP contribution in [0.4, 0.5) is 25.1 Å². The van der Waals surface area contributed by atoms with E-state index in [1.807, 2.05) is 0 Å². The zero-order valence-electron chi connectivity index (χ0n) is 19.7. The number of carbonyl (C=O) groups excluding carboxylic acids is 1. The van der Waals surface area contributed by atoms with E-state index in [0.717, 1.165) is 17.5 Å². The van der Waals surface area contributed by atoms with Crippen LogP contribution in [0, 0.1) is 0 Å². The van der Waals surface area contributed by atoms with Gasteiger partial charge >= 0.3 is 6.09 Å². The van der Waals surface area contributed by atoms with Crippen LogP contribution >= 0.6 is 0 Å². The van der Waals surface area contributed by atoms with Crippen molar-refractivity contribution in [2.75, 3.05) is 23.7 Å². The summed E-state index contributed by atoms with van der Waals surface area (Å²) in [4.78, 5) is 30.4. The molecular formula is C22H28F2N8O3. The molecule has 1 atom stereocenters. The number of hydrogen-bond acceptors (Lipinski definition) is 8. The quantitative estimate of drug-likeness (QED) is 0.557. The summed E-state index contributed by atoms with van der Waals surface area (Å²) >= 11 is 0. The molecule has 1 aliphatic rings. The Morgan fingerprint density at radius 3 is 2.83 bits per heavy atom. The van der Waals surface area contributed by atoms with Gasteiger partial charge in [0, 0.05) is 25.2 Å². The third-order valence-electron chi connectivity index (χ3n) is 5.49. The molecule has 3 N–H and O–H groups in total. The fourth-order valence-electron chi connectivity index (χ4n) is 4.11. The minimum absolute atomic E-state index is 0.158. The number of carbonyl (C=O) groups is 1. The Hall–Kier alpha value is -3.77. The molecule has 1 fully saturated rings. The number of anilines is 2. The molecule has 188 valence electrons. The van der Waals surface area contributed by atoms with Crippen molar-refractivity contribution in [3.05, 3.63) is 34.9 Å². The number of fused-ring (bicyclic) bond motifs is 1. The number of alkyl carbamates (subject to hydrolysis) is 1. The maximum Gasteiger partial charge on any atom is 0.407 e. The molecule has 0 radical (unpaired) electrons. The molecule has 4 heterocycles. The average Bonchev–Trinajstić information content (AvgIpc) is 3.15. The highest BCUT2D eigenvalue weighted by atomic mass is 19.3. The third-order valence-corrected chi connectivity index (χ3v) is 5.49. The van der Waals surface area contributed by atoms with Crippen LogP contribution in [-0.2, 0) is 11.3 Å². The molecule has 4 rings (SSSR count). The summed E-state index contributed by atoms with van der Waals surface area (Å²) in [6.45, 7) is 5.77. The van der Waals surface area contributed by atoms with Gasteiger partial charge in [-0.05, 0) is 45.7 Å². The molecule has 1 saturated heterocycles. The Morgan fingerprint density at radius 1 is 1.34 bits per heavy atom. The number of nitrogens with one attached hydrogen (secondary N) is 1. The van der Waals surface area contributed by atoms with Gasteiger partial charge < -0.3 is 20.7 Å². The summed E-state index contributed by atoms with van der Waals surface area (Å²) in [7, 11) is 0. The second-order valence-electron chi connectivity index (χ2n) is 9.38. The van der Waals surface area contributed by atoms with Crippen molar-refractivity contribution in [1.82, 2.24) is 29.7 Å². The molecule has 0 bridgehead atoms. The summed E-state index contributed by atoms with van der Waals surface area (Å²) in [5, 5.41) is 11.3. The molecule has 0 aromatic carbocycles. The fraction of sp³-hybridized carbons (Fsp3) is 0.500. The van der Waals surface area contributed by atoms with E-state index in [-0.39, 0.29) is 17.6 Å². The summed E-state index contributed by atoms with van der Waals surface area (Å²) < 4.78 is 33.5. The maximum atomic E-state index is 12.9. The van der Waals surface area contributed by atoms with Crippen LogP contribution in [0.25, 0.3) is 16.9 Å². The highest BCUT2D eigenvalue weighted by molar-refractivity contribution is 5.88. The van der Waals surface area contributed by atoms with Crippen LogP contribution < -0.4 is 21.5 Å². The van der Waals surface area contributed by atoms with Gasteiger partial charge in [0.15, 0.2) is 5.82 Å². The fourth-order valence-corrected chi connectivity index (χ4v) is 4.11. The van der Waals surface area contributed by atoms with Crippen molar-refractivity contribution in [1.29, 1.82) is 0 Å². The van der Waals surface area contributed by atoms with Crippen molar-refractivity contribution in [2.45, 2.75) is 58.2 Å². The number of amides is 1. The molecule has 35 heavy (non-hydrogen) atoms. The summed E-state index contributed by atoms with van der Waals surface area (Å²) in [6.07, 6.45) is -0.344. The predicted octanol–water partition coefficient (Wildman–Crippen LogP) is 2.29. The number of nitrogens with zero attached hydrogens (tertiary/aromatic N) is 6. The number of rotatable bonds is 5. The minimum atomic E-state index is -2.73. The second-order valence-corrected chi connectivity index (χ2v) is 9.38. The summed E-state index contributed by atoms with van der Waals surface area (Å²) in [6, 6.07) is 4.28. The molecular weight excluding hydrogens is 462 g/mol. The third kappa shape index (κ3) is 5.49. The zero-order chi connectivity index (χ0) is 25.3. The van der Waals surface area contributed by atoms with Crippen LogP contribution in [0.5, 0.6) is 0 Å². The van der Waals surface area contributed by atoms with Gasteiger partial charge in [0.05, 0.1) is 11.4 Å². The van der Waals surface area contributed by atoms with E-state index < -0.39 is 30.2 Å². The van der Waals surface area contributed by atoms with Gasteiger partial charge in [0.25, 0.3) is 12.0 Å². The largest absolute Gasteiger partial charge is 0.444 e. The van der Waals surface area contributed by atoms with Crippen molar-refractivity contribution >= 4 is 23.1 Å². The van der Waals surface area contributed by atoms with Gasteiger partial charge in [-0.1, -0.05) is 0 Å². The van der Waals surface area contributed by atoms with E-state index in [0.29, 0.717) is 30.0 Å². The topological polar surface area (TPSA) is 133 Å². The van der Waals surface area contributed by atoms with Crippen LogP contribution in [0.2, 0.25) is 0 Å². The lowest BCUT2D eigenvalue weighted by Crippen LogP contribution is -2.49. The highest BCUT2D eigenvalue weighted by Gasteiger charge is 2.28. The molecule has 0 saturated carbocycles. The van der Waals surface area contributed by atoms with Crippen LogP contribution in [-0.4, -0.2) is 61.6 Å². The van der Waals surface area contributed by atoms with Crippen molar-refractivity contribution in [2.24, 2.45) is 0 Å². The van der Waals surface area contributed by atoms with E-state index >= 15 is 0 Å². The maximum absolute atomic E-state index is 12.9. The standard InChI is InChI=1S/C22H28F2N8O3/c1-22(2,3)35-21(34)28-13-5-4-8-30(10-13)16-9-15(32-19(16)20(25)26-12-27-32)14-6-7-18(33)31(29-14)11-17(23)24/h6-7,9,12-13,17H,4-5,8,10-11H2,1-3H3,(H,28,34)(H2,25,26,27)/t13-/m1/s1. The van der Waals surface area contributed by atoms with Gasteiger partial charge in [0.2, 0.25) is 0 Å². The second kappa shape index (κ2) is 9.47. The normalized spacial score (nSPS) is 16.6. The Bertz CT molecular complexity index is 1280. The van der Waals surface area contributed by atoms with E-state index in [9.17, 15) is 18.4 Å². The van der Waals surface area contributed by atoms with Crippen molar-refractivity contribution < 1.29 is 18.3 Å². The lowest BCUT2D eigenvalue weighted by molar-refractivity contribution is 0.0500. The molecule has 1 amide bonds. The zero-order valence-corrected chi connectivity index (χ0v) is 19.7. The molecule has 11 nitrogen and oxygen atoms in total. The van der Waals surface area contributed by atoms with Crippen LogP contribution in [0.1, 0.15) is 33.6 Å². The van der Waals surface area contributed by atoms with Crippen molar-refractivity contribution in [3.63, 3.8) is 0 Å². The van der Waals surface area contributed by atoms with Crippen LogP contribution in [0.3, 0.4) is 0 Å². The smallest absolute Gasteiger partial charge is 0.407 e. The number of halogens is 2. The number of nitrogen functional groups attached to an aromatic ring is 1. The van der Waals surface area contributed by atoms with Gasteiger partial charge in [0.1, 0.15) is 29.7 Å². The van der Waals surface area contributed by atoms with Crippen LogP contribution in [0.15, 0.2) is 29.3 Å². The van der Waals surface area contributed by atoms with E-state index in [1.165, 1.54) is 23.0 Å². The molecule has 0 aliphatic carbocycles. The van der Waals surface area contributed by atoms with E-state index in [1.54, 1.807) is 26.8 Å². The number of nitrogens with two attached hydrogens (primary N) is 1. The monoisotopic (exact) mass is 490 g/mol. The summed E-state index contributed by atoms with van der Waals surface area (Å²) in [5.74, 6) is 0.226. The SMILES string of the molecule is CC(C)(C)OC(=O)N[C@@H]1CCCN(c2cc(-c3ccc(=O)n(CC(F)F)n3)n3ncnc(N)c23)C1. The minimum Gasteiger partial charge on any atom is -0.444 e. The number of alkyl halides is 2. The molecule has 0 spiro atoms. The van der Waals surface area contributed by atoms with Gasteiger partial charge in [-0.25, -0.2) is 27.8 Å². The van der Waals surface area contributed by atoms with Gasteiger partial charge in [-0.2, -0.15) is 10.2 Å². The first-order valence-electron chi connectivity index (χ1n) is 11.2. The summed E-state index contributed by atoms with van der Waals surface area (Å²) in [5.41, 5.74) is 6.94. The number of aromatic nitrogens is 5. The number of hydrogen-bond donors (Lipinski definition) is 2. The lowest BCUT2D eigenvalue weighted by atomic mass is 10.1. The molecule has 3 aromatic heterocycles. The number of ether oxygens (including phenoxy) is 1. The first kappa shape index (κ1) is 24.4. The first-order valence-corrected chi connectivity index (χ1v) is 11.2. The Kier molecular flexibility index (Phi) is 6.59. The Balaban J connectivity index is 1.68. The van der Waals surface area contributed by atoms with Gasteiger partial charge in [-0.3, -0.25) is 4.79 Å². The lowest BCUT2D eigenvalue weighted by Gasteiger charge is -2.34. The number of piperidine rings is 1. The molecule has 1 aliphatic heterocycles. The molecule has 13 heteroatoms. The highest BCUT2D eigenvalue weighted by Crippen LogP contribution is 2.34. The average molecular weight is 491 g/mol. The Morgan fingerprint density at radius 2 is 2.11 bits per heavy atom.